The SMILES string of the molecule is O=C1Nc2ccccc2S[C@H]1CC(=O)N1Cc2ccccc2C[C@H]1C(=O)O. The van der Waals surface area contributed by atoms with Crippen molar-refractivity contribution in [1.29, 1.82) is 0 Å². The van der Waals surface area contributed by atoms with E-state index in [1.807, 2.05) is 48.5 Å². The molecule has 2 aromatic rings. The highest BCUT2D eigenvalue weighted by molar-refractivity contribution is 8.01. The summed E-state index contributed by atoms with van der Waals surface area (Å²) >= 11 is 1.35. The number of carbonyl (C=O) groups excluding carboxylic acids is 2. The van der Waals surface area contributed by atoms with E-state index in [4.69, 9.17) is 0 Å². The molecule has 0 saturated carbocycles. The number of fused-ring (bicyclic) bond motifs is 2. The van der Waals surface area contributed by atoms with Crippen molar-refractivity contribution in [3.8, 4) is 0 Å². The summed E-state index contributed by atoms with van der Waals surface area (Å²) < 4.78 is 0. The van der Waals surface area contributed by atoms with Gasteiger partial charge in [0, 0.05) is 24.3 Å². The number of carboxylic acid groups (broad SMARTS) is 1. The third-order valence-corrected chi connectivity index (χ3v) is 6.20. The zero-order valence-corrected chi connectivity index (χ0v) is 15.2. The van der Waals surface area contributed by atoms with Gasteiger partial charge in [-0.3, -0.25) is 9.59 Å². The summed E-state index contributed by atoms with van der Waals surface area (Å²) in [6.45, 7) is 0.252. The van der Waals surface area contributed by atoms with Crippen LogP contribution < -0.4 is 5.32 Å². The van der Waals surface area contributed by atoms with Gasteiger partial charge in [0.25, 0.3) is 0 Å². The van der Waals surface area contributed by atoms with Gasteiger partial charge in [0.05, 0.1) is 10.9 Å². The predicted octanol–water partition coefficient (Wildman–Crippen LogP) is 2.53. The van der Waals surface area contributed by atoms with Crippen molar-refractivity contribution in [2.45, 2.75) is 35.6 Å². The van der Waals surface area contributed by atoms with Crippen LogP contribution in [0.4, 0.5) is 5.69 Å². The van der Waals surface area contributed by atoms with Gasteiger partial charge in [-0.25, -0.2) is 4.79 Å². The van der Waals surface area contributed by atoms with Crippen LogP contribution in [0.5, 0.6) is 0 Å². The average Bonchev–Trinajstić information content (AvgIpc) is 2.67. The molecule has 2 N–H and O–H groups in total. The molecule has 138 valence electrons. The number of carbonyl (C=O) groups is 3. The van der Waals surface area contributed by atoms with E-state index in [0.717, 1.165) is 21.7 Å². The van der Waals surface area contributed by atoms with E-state index in [9.17, 15) is 19.5 Å². The molecule has 0 unspecified atom stereocenters. The molecule has 6 nitrogen and oxygen atoms in total. The smallest absolute Gasteiger partial charge is 0.326 e. The van der Waals surface area contributed by atoms with Crippen LogP contribution in [0.3, 0.4) is 0 Å². The number of nitrogens with one attached hydrogen (secondary N) is 1. The molecule has 0 radical (unpaired) electrons. The first-order valence-electron chi connectivity index (χ1n) is 8.68. The van der Waals surface area contributed by atoms with E-state index in [-0.39, 0.29) is 31.2 Å². The Balaban J connectivity index is 1.53. The van der Waals surface area contributed by atoms with E-state index in [0.29, 0.717) is 0 Å². The molecule has 0 spiro atoms. The zero-order valence-electron chi connectivity index (χ0n) is 14.4. The molecule has 0 fully saturated rings. The monoisotopic (exact) mass is 382 g/mol. The second-order valence-corrected chi connectivity index (χ2v) is 7.89. The van der Waals surface area contributed by atoms with Crippen LogP contribution in [-0.4, -0.2) is 39.1 Å². The molecule has 2 atom stereocenters. The van der Waals surface area contributed by atoms with Gasteiger partial charge in [0.1, 0.15) is 6.04 Å². The second-order valence-electron chi connectivity index (χ2n) is 6.64. The number of para-hydroxylation sites is 1. The fraction of sp³-hybridized carbons (Fsp3) is 0.250. The first-order valence-corrected chi connectivity index (χ1v) is 9.56. The number of benzene rings is 2. The number of aliphatic carboxylic acids is 1. The Morgan fingerprint density at radius 3 is 2.59 bits per heavy atom. The summed E-state index contributed by atoms with van der Waals surface area (Å²) in [6, 6.07) is 14.1. The van der Waals surface area contributed by atoms with Crippen molar-refractivity contribution in [3.63, 3.8) is 0 Å². The molecule has 2 aliphatic heterocycles. The molecule has 2 heterocycles. The first kappa shape index (κ1) is 17.6. The van der Waals surface area contributed by atoms with E-state index < -0.39 is 17.3 Å². The average molecular weight is 382 g/mol. The molecule has 7 heteroatoms. The van der Waals surface area contributed by atoms with Gasteiger partial charge in [-0.15, -0.1) is 11.8 Å². The fourth-order valence-electron chi connectivity index (χ4n) is 3.51. The molecule has 0 aromatic heterocycles. The van der Waals surface area contributed by atoms with Gasteiger partial charge in [-0.05, 0) is 23.3 Å². The van der Waals surface area contributed by atoms with E-state index >= 15 is 0 Å². The molecule has 2 aliphatic rings. The lowest BCUT2D eigenvalue weighted by Crippen LogP contribution is -2.49. The Morgan fingerprint density at radius 2 is 1.81 bits per heavy atom. The summed E-state index contributed by atoms with van der Waals surface area (Å²) in [5.74, 6) is -1.57. The van der Waals surface area contributed by atoms with E-state index in [1.165, 1.54) is 16.7 Å². The Morgan fingerprint density at radius 1 is 1.11 bits per heavy atom. The summed E-state index contributed by atoms with van der Waals surface area (Å²) in [4.78, 5) is 39.3. The quantitative estimate of drug-likeness (QED) is 0.852. The molecule has 0 bridgehead atoms. The lowest BCUT2D eigenvalue weighted by molar-refractivity contribution is -0.151. The highest BCUT2D eigenvalue weighted by atomic mass is 32.2. The van der Waals surface area contributed by atoms with Gasteiger partial charge < -0.3 is 15.3 Å². The number of hydrogen-bond acceptors (Lipinski definition) is 4. The van der Waals surface area contributed by atoms with Crippen molar-refractivity contribution in [3.05, 3.63) is 59.7 Å². The molecule has 0 saturated heterocycles. The van der Waals surface area contributed by atoms with Crippen LogP contribution in [0.2, 0.25) is 0 Å². The third kappa shape index (κ3) is 3.42. The van der Waals surface area contributed by atoms with Crippen molar-refractivity contribution < 1.29 is 19.5 Å². The standard InChI is InChI=1S/C20H18N2O4S/c23-18(10-17-19(24)21-14-7-3-4-8-16(14)27-17)22-11-13-6-2-1-5-12(13)9-15(22)20(25)26/h1-8,15,17H,9-11H2,(H,21,24)(H,25,26)/t15-,17-/m0/s1. The fourth-order valence-corrected chi connectivity index (χ4v) is 4.61. The second kappa shape index (κ2) is 7.08. The normalized spacial score (nSPS) is 21.0. The molecular formula is C20H18N2O4S. The number of nitrogens with zero attached hydrogens (tertiary/aromatic N) is 1. The van der Waals surface area contributed by atoms with Crippen LogP contribution in [0, 0.1) is 0 Å². The highest BCUT2D eigenvalue weighted by Crippen LogP contribution is 2.37. The minimum absolute atomic E-state index is 0.0310. The molecule has 0 aliphatic carbocycles. The number of hydrogen-bond donors (Lipinski definition) is 2. The third-order valence-electron chi connectivity index (χ3n) is 4.92. The van der Waals surface area contributed by atoms with Crippen molar-refractivity contribution in [2.75, 3.05) is 5.32 Å². The summed E-state index contributed by atoms with van der Waals surface area (Å²) in [5.41, 5.74) is 2.65. The molecular weight excluding hydrogens is 364 g/mol. The van der Waals surface area contributed by atoms with Gasteiger partial charge in [-0.1, -0.05) is 36.4 Å². The maximum atomic E-state index is 12.9. The van der Waals surface area contributed by atoms with Gasteiger partial charge in [-0.2, -0.15) is 0 Å². The molecule has 2 amide bonds. The summed E-state index contributed by atoms with van der Waals surface area (Å²) in [7, 11) is 0. The lowest BCUT2D eigenvalue weighted by Gasteiger charge is -2.35. The largest absolute Gasteiger partial charge is 0.480 e. The van der Waals surface area contributed by atoms with Crippen LogP contribution in [0.25, 0.3) is 0 Å². The van der Waals surface area contributed by atoms with Crippen LogP contribution in [0.1, 0.15) is 17.5 Å². The molecule has 4 rings (SSSR count). The first-order chi connectivity index (χ1) is 13.0. The number of amides is 2. The molecule has 2 aromatic carbocycles. The zero-order chi connectivity index (χ0) is 19.0. The maximum Gasteiger partial charge on any atom is 0.326 e. The summed E-state index contributed by atoms with van der Waals surface area (Å²) in [5, 5.41) is 11.8. The number of anilines is 1. The van der Waals surface area contributed by atoms with Crippen LogP contribution >= 0.6 is 11.8 Å². The minimum atomic E-state index is -1.02. The van der Waals surface area contributed by atoms with Gasteiger partial charge in [0.2, 0.25) is 11.8 Å². The van der Waals surface area contributed by atoms with Crippen molar-refractivity contribution >= 4 is 35.2 Å². The Labute approximate surface area is 160 Å². The van der Waals surface area contributed by atoms with Crippen molar-refractivity contribution in [2.24, 2.45) is 0 Å². The topological polar surface area (TPSA) is 86.7 Å². The highest BCUT2D eigenvalue weighted by Gasteiger charge is 2.37. The number of rotatable bonds is 3. The van der Waals surface area contributed by atoms with Crippen LogP contribution in [-0.2, 0) is 27.3 Å². The molecule has 27 heavy (non-hydrogen) atoms. The van der Waals surface area contributed by atoms with Gasteiger partial charge in [0.15, 0.2) is 0 Å². The predicted molar refractivity (Wildman–Crippen MR) is 101 cm³/mol. The Bertz CT molecular complexity index is 930. The minimum Gasteiger partial charge on any atom is -0.480 e. The maximum absolute atomic E-state index is 12.9. The Hall–Kier alpha value is -2.80. The van der Waals surface area contributed by atoms with E-state index in [1.54, 1.807) is 0 Å². The van der Waals surface area contributed by atoms with Gasteiger partial charge >= 0.3 is 5.97 Å². The van der Waals surface area contributed by atoms with Crippen molar-refractivity contribution in [1.82, 2.24) is 4.90 Å². The Kier molecular flexibility index (Phi) is 4.61. The lowest BCUT2D eigenvalue weighted by atomic mass is 9.93. The summed E-state index contributed by atoms with van der Waals surface area (Å²) in [6.07, 6.45) is 0.251. The number of carboxylic acids is 1. The van der Waals surface area contributed by atoms with E-state index in [2.05, 4.69) is 5.32 Å². The number of thioether (sulfide) groups is 1. The van der Waals surface area contributed by atoms with Crippen LogP contribution in [0.15, 0.2) is 53.4 Å².